The van der Waals surface area contributed by atoms with Crippen molar-refractivity contribution < 1.29 is 9.47 Å². The molecule has 0 spiro atoms. The highest BCUT2D eigenvalue weighted by Crippen LogP contribution is 2.35. The number of nitrogens with zero attached hydrogens (tertiary/aromatic N) is 1. The normalized spacial score (nSPS) is 13.4. The molecule has 2 aromatic heterocycles. The Hall–Kier alpha value is -2.60. The fourth-order valence-corrected chi connectivity index (χ4v) is 4.65. The number of aromatic amines is 1. The Morgan fingerprint density at radius 3 is 2.96 bits per heavy atom. The van der Waals surface area contributed by atoms with E-state index in [0.717, 1.165) is 35.0 Å². The van der Waals surface area contributed by atoms with E-state index in [1.165, 1.54) is 16.9 Å². The summed E-state index contributed by atoms with van der Waals surface area (Å²) in [5.74, 6) is 1.78. The van der Waals surface area contributed by atoms with Crippen LogP contribution in [-0.2, 0) is 12.8 Å². The van der Waals surface area contributed by atoms with Crippen LogP contribution in [0.25, 0.3) is 21.6 Å². The average molecular weight is 368 g/mol. The lowest BCUT2D eigenvalue weighted by Gasteiger charge is -2.11. The first-order valence-electron chi connectivity index (χ1n) is 8.68. The van der Waals surface area contributed by atoms with E-state index in [1.54, 1.807) is 24.5 Å². The van der Waals surface area contributed by atoms with Crippen molar-refractivity contribution in [2.75, 3.05) is 13.7 Å². The van der Waals surface area contributed by atoms with E-state index in [4.69, 9.17) is 14.5 Å². The van der Waals surface area contributed by atoms with Crippen LogP contribution in [0, 0.1) is 0 Å². The van der Waals surface area contributed by atoms with E-state index in [2.05, 4.69) is 11.6 Å². The van der Waals surface area contributed by atoms with E-state index in [9.17, 15) is 4.79 Å². The number of benzene rings is 1. The highest BCUT2D eigenvalue weighted by molar-refractivity contribution is 7.18. The molecule has 6 heteroatoms. The number of nitrogens with one attached hydrogen (secondary N) is 1. The van der Waals surface area contributed by atoms with E-state index in [0.29, 0.717) is 23.9 Å². The quantitative estimate of drug-likeness (QED) is 0.689. The predicted molar refractivity (Wildman–Crippen MR) is 105 cm³/mol. The van der Waals surface area contributed by atoms with E-state index in [-0.39, 0.29) is 5.56 Å². The van der Waals surface area contributed by atoms with Gasteiger partial charge in [-0.25, -0.2) is 4.98 Å². The number of ether oxygens (including phenoxy) is 2. The maximum absolute atomic E-state index is 12.7. The molecule has 0 bridgehead atoms. The number of H-pyrrole nitrogens is 1. The molecule has 2 heterocycles. The lowest BCUT2D eigenvalue weighted by molar-refractivity contribution is 0.326. The van der Waals surface area contributed by atoms with Gasteiger partial charge in [-0.1, -0.05) is 12.7 Å². The van der Waals surface area contributed by atoms with Gasteiger partial charge >= 0.3 is 0 Å². The molecule has 0 saturated carbocycles. The number of fused-ring (bicyclic) bond motifs is 3. The van der Waals surface area contributed by atoms with Gasteiger partial charge in [0, 0.05) is 10.4 Å². The summed E-state index contributed by atoms with van der Waals surface area (Å²) < 4.78 is 11.0. The number of aromatic nitrogens is 2. The zero-order chi connectivity index (χ0) is 18.1. The molecule has 134 valence electrons. The lowest BCUT2D eigenvalue weighted by atomic mass is 9.97. The first-order chi connectivity index (χ1) is 12.7. The van der Waals surface area contributed by atoms with Gasteiger partial charge in [-0.2, -0.15) is 0 Å². The molecule has 4 rings (SSSR count). The molecule has 0 saturated heterocycles. The largest absolute Gasteiger partial charge is 0.493 e. The minimum absolute atomic E-state index is 0.0599. The van der Waals surface area contributed by atoms with Crippen molar-refractivity contribution in [2.45, 2.75) is 25.7 Å². The fourth-order valence-electron chi connectivity index (χ4n) is 3.38. The van der Waals surface area contributed by atoms with Gasteiger partial charge in [0.05, 0.1) is 12.5 Å². The maximum Gasteiger partial charge on any atom is 0.260 e. The van der Waals surface area contributed by atoms with Crippen molar-refractivity contribution in [3.63, 3.8) is 0 Å². The van der Waals surface area contributed by atoms with Crippen LogP contribution >= 0.6 is 11.3 Å². The minimum atomic E-state index is -0.0599. The van der Waals surface area contributed by atoms with Crippen LogP contribution in [0.5, 0.6) is 11.5 Å². The first-order valence-corrected chi connectivity index (χ1v) is 9.49. The Morgan fingerprint density at radius 2 is 2.15 bits per heavy atom. The SMILES string of the molecule is C=CCOc1ccc(-c2nc3sc4c(c3c(=O)[nH]2)CCCC4)cc1OC. The molecule has 0 fully saturated rings. The van der Waals surface area contributed by atoms with Gasteiger partial charge in [0.1, 0.15) is 17.3 Å². The molecule has 0 atom stereocenters. The third-order valence-corrected chi connectivity index (χ3v) is 5.80. The molecule has 0 aliphatic heterocycles. The van der Waals surface area contributed by atoms with Crippen LogP contribution in [0.2, 0.25) is 0 Å². The highest BCUT2D eigenvalue weighted by Gasteiger charge is 2.20. The highest BCUT2D eigenvalue weighted by atomic mass is 32.1. The Balaban J connectivity index is 1.79. The maximum atomic E-state index is 12.7. The molecule has 26 heavy (non-hydrogen) atoms. The third kappa shape index (κ3) is 2.90. The molecule has 1 aliphatic carbocycles. The van der Waals surface area contributed by atoms with Crippen molar-refractivity contribution in [1.82, 2.24) is 9.97 Å². The standard InChI is InChI=1S/C20H20N2O3S/c1-3-10-25-14-9-8-12(11-15(14)24-2)18-21-19(23)17-13-6-4-5-7-16(13)26-20(17)22-18/h3,8-9,11H,1,4-7,10H2,2H3,(H,21,22,23). The Labute approximate surface area is 155 Å². The number of methoxy groups -OCH3 is 1. The van der Waals surface area contributed by atoms with Gasteiger partial charge in [0.15, 0.2) is 11.5 Å². The second-order valence-electron chi connectivity index (χ2n) is 6.27. The average Bonchev–Trinajstić information content (AvgIpc) is 3.05. The molecule has 3 aromatic rings. The molecule has 0 amide bonds. The van der Waals surface area contributed by atoms with Crippen molar-refractivity contribution in [3.8, 4) is 22.9 Å². The van der Waals surface area contributed by atoms with Gasteiger partial charge < -0.3 is 14.5 Å². The number of hydrogen-bond acceptors (Lipinski definition) is 5. The molecule has 1 aromatic carbocycles. The number of rotatable bonds is 5. The molecule has 0 unspecified atom stereocenters. The predicted octanol–water partition coefficient (Wildman–Crippen LogP) is 4.10. The monoisotopic (exact) mass is 368 g/mol. The minimum Gasteiger partial charge on any atom is -0.493 e. The summed E-state index contributed by atoms with van der Waals surface area (Å²) >= 11 is 1.65. The zero-order valence-electron chi connectivity index (χ0n) is 14.6. The van der Waals surface area contributed by atoms with Crippen LogP contribution in [0.3, 0.4) is 0 Å². The summed E-state index contributed by atoms with van der Waals surface area (Å²) in [4.78, 5) is 22.5. The van der Waals surface area contributed by atoms with Gasteiger partial charge in [-0.15, -0.1) is 11.3 Å². The van der Waals surface area contributed by atoms with Gasteiger partial charge in [0.2, 0.25) is 0 Å². The summed E-state index contributed by atoms with van der Waals surface area (Å²) in [5.41, 5.74) is 1.93. The first kappa shape index (κ1) is 16.8. The van der Waals surface area contributed by atoms with Crippen LogP contribution < -0.4 is 15.0 Å². The molecule has 0 radical (unpaired) electrons. The summed E-state index contributed by atoms with van der Waals surface area (Å²) in [6.45, 7) is 4.05. The third-order valence-electron chi connectivity index (χ3n) is 4.62. The topological polar surface area (TPSA) is 64.2 Å². The fraction of sp³-hybridized carbons (Fsp3) is 0.300. The van der Waals surface area contributed by atoms with Crippen LogP contribution in [0.1, 0.15) is 23.3 Å². The number of thiophene rings is 1. The molecular weight excluding hydrogens is 348 g/mol. The van der Waals surface area contributed by atoms with Gasteiger partial charge in [-0.3, -0.25) is 4.79 Å². The smallest absolute Gasteiger partial charge is 0.260 e. The zero-order valence-corrected chi connectivity index (χ0v) is 15.4. The van der Waals surface area contributed by atoms with E-state index >= 15 is 0 Å². The summed E-state index contributed by atoms with van der Waals surface area (Å²) in [6, 6.07) is 5.52. The molecular formula is C20H20N2O3S. The second-order valence-corrected chi connectivity index (χ2v) is 7.35. The number of aryl methyl sites for hydroxylation is 2. The van der Waals surface area contributed by atoms with Crippen molar-refractivity contribution in [3.05, 3.63) is 51.6 Å². The van der Waals surface area contributed by atoms with Crippen LogP contribution in [0.4, 0.5) is 0 Å². The summed E-state index contributed by atoms with van der Waals surface area (Å²) in [7, 11) is 1.59. The van der Waals surface area contributed by atoms with E-state index < -0.39 is 0 Å². The second kappa shape index (κ2) is 6.96. The van der Waals surface area contributed by atoms with Crippen LogP contribution in [0.15, 0.2) is 35.6 Å². The Bertz CT molecular complexity index is 1040. The summed E-state index contributed by atoms with van der Waals surface area (Å²) in [5, 5.41) is 0.770. The number of hydrogen-bond donors (Lipinski definition) is 1. The van der Waals surface area contributed by atoms with E-state index in [1.807, 2.05) is 18.2 Å². The van der Waals surface area contributed by atoms with Gasteiger partial charge in [-0.05, 0) is 49.4 Å². The van der Waals surface area contributed by atoms with Gasteiger partial charge in [0.25, 0.3) is 5.56 Å². The summed E-state index contributed by atoms with van der Waals surface area (Å²) in [6.07, 6.45) is 6.03. The molecule has 1 N–H and O–H groups in total. The lowest BCUT2D eigenvalue weighted by Crippen LogP contribution is -2.11. The molecule has 1 aliphatic rings. The van der Waals surface area contributed by atoms with Crippen molar-refractivity contribution in [2.24, 2.45) is 0 Å². The Kier molecular flexibility index (Phi) is 4.51. The Morgan fingerprint density at radius 1 is 1.31 bits per heavy atom. The van der Waals surface area contributed by atoms with Crippen molar-refractivity contribution in [1.29, 1.82) is 0 Å². The van der Waals surface area contributed by atoms with Crippen LogP contribution in [-0.4, -0.2) is 23.7 Å². The van der Waals surface area contributed by atoms with Crippen molar-refractivity contribution >= 4 is 21.6 Å². The molecule has 5 nitrogen and oxygen atoms in total.